The number of likely N-dealkylation sites (tertiary alicyclic amines) is 1. The quantitative estimate of drug-likeness (QED) is 0.790. The molecule has 18 heavy (non-hydrogen) atoms. The molecule has 1 fully saturated rings. The van der Waals surface area contributed by atoms with E-state index in [1.54, 1.807) is 6.26 Å². The van der Waals surface area contributed by atoms with Crippen LogP contribution in [0.1, 0.15) is 26.0 Å². The zero-order valence-corrected chi connectivity index (χ0v) is 10.7. The van der Waals surface area contributed by atoms with Gasteiger partial charge >= 0.3 is 0 Å². The molecule has 1 aliphatic heterocycles. The zero-order valence-electron chi connectivity index (χ0n) is 10.7. The molecular formula is C13H18N2O3. The largest absolute Gasteiger partial charge is 0.469 e. The van der Waals surface area contributed by atoms with E-state index in [1.807, 2.05) is 26.0 Å². The monoisotopic (exact) mass is 250 g/mol. The van der Waals surface area contributed by atoms with E-state index in [1.165, 1.54) is 4.90 Å². The number of carbonyl (C=O) groups excluding carboxylic acids is 2. The first-order valence-electron chi connectivity index (χ1n) is 6.24. The minimum Gasteiger partial charge on any atom is -0.469 e. The first-order valence-corrected chi connectivity index (χ1v) is 6.24. The number of furan rings is 1. The highest BCUT2D eigenvalue weighted by molar-refractivity contribution is 6.05. The second-order valence-corrected chi connectivity index (χ2v) is 4.58. The minimum atomic E-state index is -0.387. The van der Waals surface area contributed by atoms with Crippen molar-refractivity contribution in [1.29, 1.82) is 0 Å². The maximum absolute atomic E-state index is 11.9. The number of amides is 2. The van der Waals surface area contributed by atoms with E-state index in [2.05, 4.69) is 5.32 Å². The van der Waals surface area contributed by atoms with Crippen molar-refractivity contribution in [2.24, 2.45) is 0 Å². The second kappa shape index (κ2) is 5.35. The van der Waals surface area contributed by atoms with E-state index >= 15 is 0 Å². The molecule has 1 saturated heterocycles. The number of hydrogen-bond donors (Lipinski definition) is 1. The summed E-state index contributed by atoms with van der Waals surface area (Å²) in [6.07, 6.45) is 2.59. The number of rotatable bonds is 5. The maximum Gasteiger partial charge on any atom is 0.246 e. The van der Waals surface area contributed by atoms with Crippen molar-refractivity contribution in [3.63, 3.8) is 0 Å². The Balaban J connectivity index is 1.90. The van der Waals surface area contributed by atoms with Gasteiger partial charge in [0.05, 0.1) is 18.7 Å². The van der Waals surface area contributed by atoms with Crippen LogP contribution in [0.15, 0.2) is 22.8 Å². The Bertz CT molecular complexity index is 427. The number of likely N-dealkylation sites (N-methyl/N-ethyl adjacent to an activating group) is 1. The Labute approximate surface area is 106 Å². The Hall–Kier alpha value is -1.62. The third kappa shape index (κ3) is 2.61. The topological polar surface area (TPSA) is 62.6 Å². The first-order chi connectivity index (χ1) is 8.61. The van der Waals surface area contributed by atoms with Crippen LogP contribution >= 0.6 is 0 Å². The lowest BCUT2D eigenvalue weighted by atomic mass is 10.1. The van der Waals surface area contributed by atoms with Crippen molar-refractivity contribution in [2.75, 3.05) is 6.54 Å². The van der Waals surface area contributed by atoms with Gasteiger partial charge in [0.1, 0.15) is 5.76 Å². The van der Waals surface area contributed by atoms with Gasteiger partial charge in [0.15, 0.2) is 0 Å². The van der Waals surface area contributed by atoms with Gasteiger partial charge in [-0.1, -0.05) is 0 Å². The third-order valence-corrected chi connectivity index (χ3v) is 3.13. The van der Waals surface area contributed by atoms with Gasteiger partial charge < -0.3 is 9.73 Å². The first kappa shape index (κ1) is 12.8. The van der Waals surface area contributed by atoms with Gasteiger partial charge in [-0.15, -0.1) is 0 Å². The Morgan fingerprint density at radius 3 is 2.89 bits per heavy atom. The molecule has 5 heteroatoms. The third-order valence-electron chi connectivity index (χ3n) is 3.13. The normalized spacial score (nSPS) is 21.7. The van der Waals surface area contributed by atoms with Crippen molar-refractivity contribution in [1.82, 2.24) is 10.2 Å². The van der Waals surface area contributed by atoms with E-state index < -0.39 is 0 Å². The molecule has 98 valence electrons. The number of nitrogens with zero attached hydrogens (tertiary/aromatic N) is 1. The number of hydrogen-bond acceptors (Lipinski definition) is 4. The van der Waals surface area contributed by atoms with E-state index in [9.17, 15) is 9.59 Å². The van der Waals surface area contributed by atoms with Gasteiger partial charge in [-0.2, -0.15) is 0 Å². The molecule has 2 unspecified atom stereocenters. The van der Waals surface area contributed by atoms with Crippen LogP contribution in [0.3, 0.4) is 0 Å². The summed E-state index contributed by atoms with van der Waals surface area (Å²) in [5.41, 5.74) is 0. The molecule has 2 rings (SSSR count). The molecule has 0 bridgehead atoms. The smallest absolute Gasteiger partial charge is 0.246 e. The number of nitrogens with one attached hydrogen (secondary N) is 1. The van der Waals surface area contributed by atoms with Gasteiger partial charge in [-0.3, -0.25) is 14.5 Å². The van der Waals surface area contributed by atoms with Gasteiger partial charge in [-0.25, -0.2) is 0 Å². The van der Waals surface area contributed by atoms with Gasteiger partial charge in [0.25, 0.3) is 0 Å². The molecule has 0 saturated carbocycles. The summed E-state index contributed by atoms with van der Waals surface area (Å²) in [5, 5.41) is 3.19. The Morgan fingerprint density at radius 1 is 1.56 bits per heavy atom. The van der Waals surface area contributed by atoms with Crippen molar-refractivity contribution in [3.05, 3.63) is 24.2 Å². The van der Waals surface area contributed by atoms with Crippen molar-refractivity contribution in [2.45, 2.75) is 38.8 Å². The number of imide groups is 1. The summed E-state index contributed by atoms with van der Waals surface area (Å²) in [6, 6.07) is 3.45. The molecule has 2 amide bonds. The highest BCUT2D eigenvalue weighted by Gasteiger charge is 2.37. The fourth-order valence-electron chi connectivity index (χ4n) is 2.28. The maximum atomic E-state index is 11.9. The van der Waals surface area contributed by atoms with E-state index in [4.69, 9.17) is 4.42 Å². The molecule has 1 aliphatic rings. The van der Waals surface area contributed by atoms with Crippen molar-refractivity contribution >= 4 is 11.8 Å². The van der Waals surface area contributed by atoms with Crippen LogP contribution in [0.4, 0.5) is 0 Å². The molecular weight excluding hydrogens is 232 g/mol. The summed E-state index contributed by atoms with van der Waals surface area (Å²) in [7, 11) is 0. The predicted octanol–water partition coefficient (Wildman–Crippen LogP) is 0.948. The molecule has 1 N–H and O–H groups in total. The highest BCUT2D eigenvalue weighted by Crippen LogP contribution is 2.14. The van der Waals surface area contributed by atoms with E-state index in [0.29, 0.717) is 13.0 Å². The molecule has 0 aliphatic carbocycles. The molecule has 0 spiro atoms. The molecule has 1 aromatic rings. The summed E-state index contributed by atoms with van der Waals surface area (Å²) in [4.78, 5) is 24.8. The second-order valence-electron chi connectivity index (χ2n) is 4.58. The van der Waals surface area contributed by atoms with E-state index in [-0.39, 0.29) is 30.3 Å². The Kier molecular flexibility index (Phi) is 3.81. The van der Waals surface area contributed by atoms with Crippen LogP contribution in [0.25, 0.3) is 0 Å². The molecule has 0 radical (unpaired) electrons. The van der Waals surface area contributed by atoms with Crippen molar-refractivity contribution < 1.29 is 14.0 Å². The van der Waals surface area contributed by atoms with E-state index in [0.717, 1.165) is 5.76 Å². The minimum absolute atomic E-state index is 0.0923. The van der Waals surface area contributed by atoms with Gasteiger partial charge in [0, 0.05) is 19.0 Å². The standard InChI is InChI=1S/C13H18N2O3/c1-3-15-12(16)8-11(13(15)17)14-9(2)7-10-5-4-6-18-10/h4-6,9,11,14H,3,7-8H2,1-2H3. The lowest BCUT2D eigenvalue weighted by molar-refractivity contribution is -0.138. The van der Waals surface area contributed by atoms with Crippen LogP contribution < -0.4 is 5.32 Å². The number of carbonyl (C=O) groups is 2. The molecule has 2 heterocycles. The zero-order chi connectivity index (χ0) is 13.1. The van der Waals surface area contributed by atoms with Crippen LogP contribution in [0, 0.1) is 0 Å². The Morgan fingerprint density at radius 2 is 2.33 bits per heavy atom. The summed E-state index contributed by atoms with van der Waals surface area (Å²) >= 11 is 0. The summed E-state index contributed by atoms with van der Waals surface area (Å²) in [5.74, 6) is 0.665. The summed E-state index contributed by atoms with van der Waals surface area (Å²) in [6.45, 7) is 4.24. The lowest BCUT2D eigenvalue weighted by Gasteiger charge is -2.17. The van der Waals surface area contributed by atoms with Crippen molar-refractivity contribution in [3.8, 4) is 0 Å². The lowest BCUT2D eigenvalue weighted by Crippen LogP contribution is -2.43. The fraction of sp³-hybridized carbons (Fsp3) is 0.538. The predicted molar refractivity (Wildman–Crippen MR) is 65.8 cm³/mol. The SMILES string of the molecule is CCN1C(=O)CC(NC(C)Cc2ccco2)C1=O. The molecule has 5 nitrogen and oxygen atoms in total. The van der Waals surface area contributed by atoms with Crippen LogP contribution in [-0.2, 0) is 16.0 Å². The molecule has 2 atom stereocenters. The fourth-order valence-corrected chi connectivity index (χ4v) is 2.28. The average molecular weight is 250 g/mol. The molecule has 1 aromatic heterocycles. The van der Waals surface area contributed by atoms with Gasteiger partial charge in [-0.05, 0) is 26.0 Å². The van der Waals surface area contributed by atoms with Crippen LogP contribution in [0.2, 0.25) is 0 Å². The average Bonchev–Trinajstić information content (AvgIpc) is 2.89. The van der Waals surface area contributed by atoms with Crippen LogP contribution in [-0.4, -0.2) is 35.3 Å². The highest BCUT2D eigenvalue weighted by atomic mass is 16.3. The summed E-state index contributed by atoms with van der Waals surface area (Å²) < 4.78 is 5.26. The van der Waals surface area contributed by atoms with Crippen LogP contribution in [0.5, 0.6) is 0 Å². The molecule has 0 aromatic carbocycles. The van der Waals surface area contributed by atoms with Gasteiger partial charge in [0.2, 0.25) is 11.8 Å².